The van der Waals surface area contributed by atoms with Crippen molar-refractivity contribution in [3.8, 4) is 0 Å². The van der Waals surface area contributed by atoms with E-state index in [1.54, 1.807) is 12.1 Å². The SMILES string of the molecule is OCC(O)C(O)C(O)C(O)C(Cl)OCc1ccccc1. The number of alkyl halides is 1. The number of benzene rings is 1. The molecule has 0 aliphatic carbocycles. The highest BCUT2D eigenvalue weighted by Crippen LogP contribution is 2.15. The van der Waals surface area contributed by atoms with Gasteiger partial charge in [-0.3, -0.25) is 0 Å². The van der Waals surface area contributed by atoms with Crippen molar-refractivity contribution in [2.24, 2.45) is 0 Å². The molecule has 5 unspecified atom stereocenters. The first-order valence-electron chi connectivity index (χ1n) is 6.10. The van der Waals surface area contributed by atoms with Gasteiger partial charge in [-0.05, 0) is 5.56 Å². The molecule has 1 aromatic carbocycles. The highest BCUT2D eigenvalue weighted by molar-refractivity contribution is 6.20. The van der Waals surface area contributed by atoms with Gasteiger partial charge in [0.1, 0.15) is 24.4 Å². The molecule has 0 saturated heterocycles. The molecule has 0 amide bonds. The van der Waals surface area contributed by atoms with Crippen molar-refractivity contribution in [2.75, 3.05) is 6.61 Å². The van der Waals surface area contributed by atoms with E-state index in [2.05, 4.69) is 0 Å². The maximum Gasteiger partial charge on any atom is 0.159 e. The van der Waals surface area contributed by atoms with Crippen molar-refractivity contribution < 1.29 is 30.3 Å². The highest BCUT2D eigenvalue weighted by Gasteiger charge is 2.34. The maximum atomic E-state index is 9.72. The monoisotopic (exact) mass is 306 g/mol. The van der Waals surface area contributed by atoms with E-state index in [1.165, 1.54) is 0 Å². The first-order chi connectivity index (χ1) is 9.47. The van der Waals surface area contributed by atoms with Gasteiger partial charge in [0.05, 0.1) is 13.2 Å². The Kier molecular flexibility index (Phi) is 7.39. The van der Waals surface area contributed by atoms with Crippen LogP contribution in [0.3, 0.4) is 0 Å². The summed E-state index contributed by atoms with van der Waals surface area (Å²) in [5, 5.41) is 46.6. The molecule has 0 radical (unpaired) electrons. The Morgan fingerprint density at radius 2 is 1.55 bits per heavy atom. The molecule has 0 aliphatic rings. The lowest BCUT2D eigenvalue weighted by Gasteiger charge is -2.28. The molecular weight excluding hydrogens is 288 g/mol. The number of hydrogen-bond donors (Lipinski definition) is 5. The third-order valence-corrected chi connectivity index (χ3v) is 3.19. The van der Waals surface area contributed by atoms with E-state index in [9.17, 15) is 20.4 Å². The average Bonchev–Trinajstić information content (AvgIpc) is 2.50. The van der Waals surface area contributed by atoms with Crippen LogP contribution in [0.4, 0.5) is 0 Å². The Hall–Kier alpha value is -0.730. The standard InChI is InChI=1S/C13H19ClO6/c14-13(20-7-8-4-2-1-3-5-8)12(19)11(18)10(17)9(16)6-15/h1-5,9-13,15-19H,6-7H2. The maximum absolute atomic E-state index is 9.72. The number of hydrogen-bond acceptors (Lipinski definition) is 6. The lowest BCUT2D eigenvalue weighted by Crippen LogP contribution is -2.49. The smallest absolute Gasteiger partial charge is 0.159 e. The summed E-state index contributed by atoms with van der Waals surface area (Å²) in [6.45, 7) is -0.625. The van der Waals surface area contributed by atoms with E-state index >= 15 is 0 Å². The van der Waals surface area contributed by atoms with Crippen LogP contribution in [0.2, 0.25) is 0 Å². The van der Waals surface area contributed by atoms with Crippen LogP contribution in [0, 0.1) is 0 Å². The second-order valence-corrected chi connectivity index (χ2v) is 4.80. The highest BCUT2D eigenvalue weighted by atomic mass is 35.5. The minimum absolute atomic E-state index is 0.122. The van der Waals surface area contributed by atoms with Crippen molar-refractivity contribution >= 4 is 11.6 Å². The Morgan fingerprint density at radius 3 is 2.10 bits per heavy atom. The molecule has 6 nitrogen and oxygen atoms in total. The molecule has 20 heavy (non-hydrogen) atoms. The van der Waals surface area contributed by atoms with Gasteiger partial charge in [0.25, 0.3) is 0 Å². The third-order valence-electron chi connectivity index (χ3n) is 2.80. The van der Waals surface area contributed by atoms with Gasteiger partial charge in [-0.2, -0.15) is 0 Å². The normalized spacial score (nSPS) is 19.1. The summed E-state index contributed by atoms with van der Waals surface area (Å²) in [6, 6.07) is 9.07. The minimum Gasteiger partial charge on any atom is -0.394 e. The summed E-state index contributed by atoms with van der Waals surface area (Å²) in [6.07, 6.45) is -6.65. The zero-order chi connectivity index (χ0) is 15.1. The summed E-state index contributed by atoms with van der Waals surface area (Å²) < 4.78 is 5.17. The molecule has 7 heteroatoms. The lowest BCUT2D eigenvalue weighted by molar-refractivity contribution is -0.137. The molecule has 0 fully saturated rings. The Bertz CT molecular complexity index is 376. The molecule has 0 saturated carbocycles. The number of aliphatic hydroxyl groups is 5. The summed E-state index contributed by atoms with van der Waals surface area (Å²) in [5.41, 5.74) is -0.443. The summed E-state index contributed by atoms with van der Waals surface area (Å²) in [5.74, 6) is 0. The predicted molar refractivity (Wildman–Crippen MR) is 72.0 cm³/mol. The summed E-state index contributed by atoms with van der Waals surface area (Å²) in [7, 11) is 0. The van der Waals surface area contributed by atoms with Crippen molar-refractivity contribution in [3.05, 3.63) is 35.9 Å². The zero-order valence-corrected chi connectivity index (χ0v) is 11.5. The Balaban J connectivity index is 2.47. The molecule has 0 spiro atoms. The fourth-order valence-corrected chi connectivity index (χ4v) is 1.75. The van der Waals surface area contributed by atoms with Gasteiger partial charge >= 0.3 is 0 Å². The summed E-state index contributed by atoms with van der Waals surface area (Å²) in [4.78, 5) is 0. The van der Waals surface area contributed by atoms with Crippen LogP contribution >= 0.6 is 11.6 Å². The number of rotatable bonds is 8. The molecule has 0 heterocycles. The average molecular weight is 307 g/mol. The summed E-state index contributed by atoms with van der Waals surface area (Å²) >= 11 is 5.78. The van der Waals surface area contributed by atoms with E-state index in [0.717, 1.165) is 5.56 Å². The first-order valence-corrected chi connectivity index (χ1v) is 6.53. The van der Waals surface area contributed by atoms with Crippen LogP contribution in [0.15, 0.2) is 30.3 Å². The molecule has 0 aliphatic heterocycles. The van der Waals surface area contributed by atoms with Crippen LogP contribution in [0.1, 0.15) is 5.56 Å². The number of ether oxygens (including phenoxy) is 1. The van der Waals surface area contributed by atoms with E-state index in [1.807, 2.05) is 18.2 Å². The van der Waals surface area contributed by atoms with Crippen LogP contribution < -0.4 is 0 Å². The van der Waals surface area contributed by atoms with Crippen molar-refractivity contribution in [3.63, 3.8) is 0 Å². The molecule has 114 valence electrons. The third kappa shape index (κ3) is 4.99. The second-order valence-electron chi connectivity index (χ2n) is 4.37. The molecule has 1 aromatic rings. The van der Waals surface area contributed by atoms with Gasteiger partial charge in [0, 0.05) is 0 Å². The van der Waals surface area contributed by atoms with Gasteiger partial charge in [0.2, 0.25) is 0 Å². The second kappa shape index (κ2) is 8.53. The number of aliphatic hydroxyl groups excluding tert-OH is 5. The van der Waals surface area contributed by atoms with E-state index < -0.39 is 36.6 Å². The van der Waals surface area contributed by atoms with Gasteiger partial charge in [-0.15, -0.1) is 0 Å². The molecule has 5 N–H and O–H groups in total. The quantitative estimate of drug-likeness (QED) is 0.402. The zero-order valence-electron chi connectivity index (χ0n) is 10.7. The van der Waals surface area contributed by atoms with Gasteiger partial charge < -0.3 is 30.3 Å². The molecule has 0 aromatic heterocycles. The van der Waals surface area contributed by atoms with Crippen molar-refractivity contribution in [1.82, 2.24) is 0 Å². The molecule has 1 rings (SSSR count). The van der Waals surface area contributed by atoms with Crippen LogP contribution in [0.25, 0.3) is 0 Å². The minimum atomic E-state index is -1.74. The van der Waals surface area contributed by atoms with Crippen LogP contribution in [-0.2, 0) is 11.3 Å². The van der Waals surface area contributed by atoms with E-state index in [4.69, 9.17) is 21.4 Å². The van der Waals surface area contributed by atoms with E-state index in [-0.39, 0.29) is 6.61 Å². The fraction of sp³-hybridized carbons (Fsp3) is 0.538. The van der Waals surface area contributed by atoms with Crippen molar-refractivity contribution in [2.45, 2.75) is 36.6 Å². The van der Waals surface area contributed by atoms with Crippen molar-refractivity contribution in [1.29, 1.82) is 0 Å². The Morgan fingerprint density at radius 1 is 0.950 bits per heavy atom. The Labute approximate surface area is 121 Å². The molecule has 5 atom stereocenters. The van der Waals surface area contributed by atoms with Gasteiger partial charge in [0.15, 0.2) is 5.56 Å². The largest absolute Gasteiger partial charge is 0.394 e. The lowest BCUT2D eigenvalue weighted by atomic mass is 10.0. The molecule has 0 bridgehead atoms. The first kappa shape index (κ1) is 17.3. The topological polar surface area (TPSA) is 110 Å². The van der Waals surface area contributed by atoms with Gasteiger partial charge in [-0.25, -0.2) is 0 Å². The molecular formula is C13H19ClO6. The van der Waals surface area contributed by atoms with Crippen LogP contribution in [-0.4, -0.2) is 62.1 Å². The number of halogens is 1. The predicted octanol–water partition coefficient (Wildman–Crippen LogP) is -0.796. The van der Waals surface area contributed by atoms with Gasteiger partial charge in [-0.1, -0.05) is 41.9 Å². The fourth-order valence-electron chi connectivity index (χ4n) is 1.54. The van der Waals surface area contributed by atoms with E-state index in [0.29, 0.717) is 0 Å². The van der Waals surface area contributed by atoms with Crippen LogP contribution in [0.5, 0.6) is 0 Å².